The summed E-state index contributed by atoms with van der Waals surface area (Å²) in [6.45, 7) is 3.75. The summed E-state index contributed by atoms with van der Waals surface area (Å²) in [7, 11) is 1.71. The van der Waals surface area contributed by atoms with E-state index >= 15 is 0 Å². The highest BCUT2D eigenvalue weighted by atomic mass is 32.2. The molecule has 0 saturated carbocycles. The molecule has 110 valence electrons. The lowest BCUT2D eigenvalue weighted by atomic mass is 10.2. The minimum absolute atomic E-state index is 0.0364. The monoisotopic (exact) mass is 297 g/mol. The average molecular weight is 297 g/mol. The Morgan fingerprint density at radius 2 is 2.20 bits per heavy atom. The van der Waals surface area contributed by atoms with Crippen LogP contribution in [0.25, 0.3) is 0 Å². The highest BCUT2D eigenvalue weighted by molar-refractivity contribution is 7.98. The first-order valence-electron chi connectivity index (χ1n) is 6.14. The molecule has 0 saturated heterocycles. The van der Waals surface area contributed by atoms with Crippen LogP contribution in [0.4, 0.5) is 16.2 Å². The molecule has 1 N–H and O–H groups in total. The molecule has 0 spiro atoms. The Morgan fingerprint density at radius 3 is 2.75 bits per heavy atom. The van der Waals surface area contributed by atoms with Crippen molar-refractivity contribution in [3.8, 4) is 0 Å². The molecule has 0 aliphatic carbocycles. The predicted octanol–water partition coefficient (Wildman–Crippen LogP) is 3.12. The summed E-state index contributed by atoms with van der Waals surface area (Å²) >= 11 is 1.66. The van der Waals surface area contributed by atoms with E-state index in [2.05, 4.69) is 5.32 Å². The Morgan fingerprint density at radius 1 is 1.55 bits per heavy atom. The fourth-order valence-corrected chi connectivity index (χ4v) is 2.32. The number of aryl methyl sites for hydroxylation is 1. The Kier molecular flexibility index (Phi) is 5.82. The van der Waals surface area contributed by atoms with Crippen LogP contribution in [0.15, 0.2) is 18.2 Å². The van der Waals surface area contributed by atoms with Crippen LogP contribution in [-0.2, 0) is 0 Å². The quantitative estimate of drug-likeness (QED) is 0.669. The van der Waals surface area contributed by atoms with Crippen LogP contribution < -0.4 is 5.32 Å². The second-order valence-electron chi connectivity index (χ2n) is 4.60. The number of thioether (sulfide) groups is 1. The number of nitro groups is 1. The van der Waals surface area contributed by atoms with Crippen molar-refractivity contribution in [3.05, 3.63) is 33.9 Å². The largest absolute Gasteiger partial charge is 0.324 e. The number of amides is 2. The number of hydrogen-bond donors (Lipinski definition) is 1. The van der Waals surface area contributed by atoms with Gasteiger partial charge in [0.1, 0.15) is 0 Å². The summed E-state index contributed by atoms with van der Waals surface area (Å²) in [5, 5.41) is 13.5. The first kappa shape index (κ1) is 16.3. The molecular weight excluding hydrogens is 278 g/mol. The van der Waals surface area contributed by atoms with E-state index in [1.165, 1.54) is 12.1 Å². The lowest BCUT2D eigenvalue weighted by Crippen LogP contribution is -2.39. The van der Waals surface area contributed by atoms with Crippen molar-refractivity contribution in [1.82, 2.24) is 4.90 Å². The molecule has 1 unspecified atom stereocenters. The zero-order valence-corrected chi connectivity index (χ0v) is 12.9. The van der Waals surface area contributed by atoms with Crippen molar-refractivity contribution in [2.75, 3.05) is 24.4 Å². The molecule has 0 heterocycles. The van der Waals surface area contributed by atoms with Gasteiger partial charge in [0.15, 0.2) is 0 Å². The lowest BCUT2D eigenvalue weighted by molar-refractivity contribution is -0.384. The zero-order chi connectivity index (χ0) is 15.3. The molecule has 1 rings (SSSR count). The van der Waals surface area contributed by atoms with Gasteiger partial charge in [0.2, 0.25) is 0 Å². The molecule has 0 aromatic heterocycles. The third-order valence-electron chi connectivity index (χ3n) is 3.06. The highest BCUT2D eigenvalue weighted by Crippen LogP contribution is 2.22. The maximum absolute atomic E-state index is 12.1. The molecule has 2 amide bonds. The fraction of sp³-hybridized carbons (Fsp3) is 0.462. The number of non-ortho nitro benzene ring substituents is 1. The third kappa shape index (κ3) is 4.12. The molecule has 20 heavy (non-hydrogen) atoms. The smallest absolute Gasteiger partial charge is 0.321 e. The van der Waals surface area contributed by atoms with Gasteiger partial charge in [-0.05, 0) is 25.7 Å². The van der Waals surface area contributed by atoms with Crippen LogP contribution >= 0.6 is 11.8 Å². The number of hydrogen-bond acceptors (Lipinski definition) is 4. The lowest BCUT2D eigenvalue weighted by Gasteiger charge is -2.24. The van der Waals surface area contributed by atoms with E-state index in [0.29, 0.717) is 5.69 Å². The third-order valence-corrected chi connectivity index (χ3v) is 3.88. The van der Waals surface area contributed by atoms with Crippen molar-refractivity contribution in [2.24, 2.45) is 0 Å². The number of nitrogens with one attached hydrogen (secondary N) is 1. The average Bonchev–Trinajstić information content (AvgIpc) is 2.40. The van der Waals surface area contributed by atoms with Gasteiger partial charge >= 0.3 is 6.03 Å². The summed E-state index contributed by atoms with van der Waals surface area (Å²) in [5.41, 5.74) is 1.22. The van der Waals surface area contributed by atoms with E-state index in [1.54, 1.807) is 36.7 Å². The van der Waals surface area contributed by atoms with Crippen LogP contribution in [-0.4, -0.2) is 41.0 Å². The minimum Gasteiger partial charge on any atom is -0.324 e. The number of nitro benzene ring substituents is 1. The second kappa shape index (κ2) is 7.14. The van der Waals surface area contributed by atoms with E-state index in [9.17, 15) is 14.9 Å². The number of benzene rings is 1. The number of nitrogens with zero attached hydrogens (tertiary/aromatic N) is 2. The molecule has 0 bridgehead atoms. The number of anilines is 1. The van der Waals surface area contributed by atoms with E-state index in [4.69, 9.17) is 0 Å². The molecule has 6 nitrogen and oxygen atoms in total. The SMILES string of the molecule is CSCC(C)N(C)C(=O)Nc1cc([N+](=O)[O-])ccc1C. The number of rotatable bonds is 5. The molecule has 0 aliphatic rings. The van der Waals surface area contributed by atoms with Gasteiger partial charge in [0.25, 0.3) is 5.69 Å². The zero-order valence-electron chi connectivity index (χ0n) is 12.0. The normalized spacial score (nSPS) is 11.8. The molecular formula is C13H19N3O3S. The van der Waals surface area contributed by atoms with Crippen LogP contribution in [0, 0.1) is 17.0 Å². The maximum Gasteiger partial charge on any atom is 0.321 e. The van der Waals surface area contributed by atoms with E-state index < -0.39 is 4.92 Å². The Labute approximate surface area is 122 Å². The van der Waals surface area contributed by atoms with Gasteiger partial charge in [-0.25, -0.2) is 4.79 Å². The maximum atomic E-state index is 12.1. The van der Waals surface area contributed by atoms with Gasteiger partial charge in [-0.15, -0.1) is 0 Å². The number of carbonyl (C=O) groups is 1. The summed E-state index contributed by atoms with van der Waals surface area (Å²) < 4.78 is 0. The molecule has 0 radical (unpaired) electrons. The van der Waals surface area contributed by atoms with Gasteiger partial charge in [-0.2, -0.15) is 11.8 Å². The molecule has 0 aliphatic heterocycles. The molecule has 1 aromatic rings. The van der Waals surface area contributed by atoms with Crippen molar-refractivity contribution in [3.63, 3.8) is 0 Å². The standard InChI is InChI=1S/C13H19N3O3S/c1-9-5-6-11(16(18)19)7-12(9)14-13(17)15(3)10(2)8-20-4/h5-7,10H,8H2,1-4H3,(H,14,17). The van der Waals surface area contributed by atoms with E-state index in [1.807, 2.05) is 13.2 Å². The van der Waals surface area contributed by atoms with Gasteiger partial charge in [0.05, 0.1) is 10.6 Å². The number of carbonyl (C=O) groups excluding carboxylic acids is 1. The summed E-state index contributed by atoms with van der Waals surface area (Å²) in [6, 6.07) is 4.24. The van der Waals surface area contributed by atoms with Gasteiger partial charge in [0, 0.05) is 31.0 Å². The summed E-state index contributed by atoms with van der Waals surface area (Å²) in [4.78, 5) is 24.0. The molecule has 1 atom stereocenters. The highest BCUT2D eigenvalue weighted by Gasteiger charge is 2.17. The van der Waals surface area contributed by atoms with Gasteiger partial charge in [-0.3, -0.25) is 10.1 Å². The van der Waals surface area contributed by atoms with Crippen LogP contribution in [0.3, 0.4) is 0 Å². The van der Waals surface area contributed by atoms with Crippen molar-refractivity contribution in [1.29, 1.82) is 0 Å². The Balaban J connectivity index is 2.84. The molecule has 7 heteroatoms. The first-order valence-corrected chi connectivity index (χ1v) is 7.54. The number of urea groups is 1. The topological polar surface area (TPSA) is 75.5 Å². The van der Waals surface area contributed by atoms with Crippen LogP contribution in [0.5, 0.6) is 0 Å². The van der Waals surface area contributed by atoms with Gasteiger partial charge in [-0.1, -0.05) is 6.07 Å². The predicted molar refractivity (Wildman–Crippen MR) is 82.5 cm³/mol. The second-order valence-corrected chi connectivity index (χ2v) is 5.51. The van der Waals surface area contributed by atoms with E-state index in [-0.39, 0.29) is 17.8 Å². The van der Waals surface area contributed by atoms with Crippen LogP contribution in [0.1, 0.15) is 12.5 Å². The van der Waals surface area contributed by atoms with Gasteiger partial charge < -0.3 is 10.2 Å². The Bertz CT molecular complexity index is 508. The fourth-order valence-electron chi connectivity index (χ4n) is 1.61. The van der Waals surface area contributed by atoms with Crippen molar-refractivity contribution < 1.29 is 9.72 Å². The van der Waals surface area contributed by atoms with Crippen molar-refractivity contribution >= 4 is 29.2 Å². The van der Waals surface area contributed by atoms with Crippen molar-refractivity contribution in [2.45, 2.75) is 19.9 Å². The minimum atomic E-state index is -0.477. The van der Waals surface area contributed by atoms with E-state index in [0.717, 1.165) is 11.3 Å². The Hall–Kier alpha value is -1.76. The molecule has 0 fully saturated rings. The molecule has 1 aromatic carbocycles. The summed E-state index contributed by atoms with van der Waals surface area (Å²) in [5.74, 6) is 0.831. The van der Waals surface area contributed by atoms with Crippen LogP contribution in [0.2, 0.25) is 0 Å². The first-order chi connectivity index (χ1) is 9.36. The summed E-state index contributed by atoms with van der Waals surface area (Å²) in [6.07, 6.45) is 1.98.